The average Bonchev–Trinajstić information content (AvgIpc) is 3.48. The van der Waals surface area contributed by atoms with Crippen molar-refractivity contribution in [1.29, 1.82) is 5.26 Å². The van der Waals surface area contributed by atoms with E-state index in [0.29, 0.717) is 52.7 Å². The summed E-state index contributed by atoms with van der Waals surface area (Å²) < 4.78 is 23.0. The fourth-order valence-electron chi connectivity index (χ4n) is 5.13. The molecule has 0 radical (unpaired) electrons. The highest BCUT2D eigenvalue weighted by atomic mass is 16.5. The van der Waals surface area contributed by atoms with Crippen LogP contribution in [0.15, 0.2) is 59.1 Å². The summed E-state index contributed by atoms with van der Waals surface area (Å²) in [6.45, 7) is 3.46. The number of methoxy groups -OCH3 is 1. The largest absolute Gasteiger partial charge is 0.496 e. The number of nitriles is 1. The number of likely N-dealkylation sites (tertiary alicyclic amines) is 1. The number of hydrogen-bond acceptors (Lipinski definition) is 9. The van der Waals surface area contributed by atoms with Crippen LogP contribution in [0.3, 0.4) is 0 Å². The molecule has 6 rings (SSSR count). The number of hydrogen-bond donors (Lipinski definition) is 1. The van der Waals surface area contributed by atoms with E-state index >= 15 is 0 Å². The molecule has 9 heteroatoms. The van der Waals surface area contributed by atoms with E-state index in [1.165, 1.54) is 7.11 Å². The van der Waals surface area contributed by atoms with Gasteiger partial charge < -0.3 is 28.6 Å². The second-order valence-electron chi connectivity index (χ2n) is 10.5. The van der Waals surface area contributed by atoms with Gasteiger partial charge in [-0.2, -0.15) is 5.26 Å². The lowest BCUT2D eigenvalue weighted by Crippen LogP contribution is -2.32. The Balaban J connectivity index is 0.000000382. The standard InChI is InChI=1S/C27H22N2O5.C6H13NO/c1-31-25-13-18(2-3-19(25)16-30)26-14-23-27(34-26)22(6-9-29-23)17-4-5-24(20(12-17)15-28)33-21-7-10-32-11-8-21;1-7-4-2-6(8)3-5-7/h2-6,9,12-14,16,21H,7-8,10-11H2,1H3;6,8H,2-5H2,1H3. The summed E-state index contributed by atoms with van der Waals surface area (Å²) in [6, 6.07) is 16.8. The third-order valence-corrected chi connectivity index (χ3v) is 7.62. The molecule has 0 spiro atoms. The topological polar surface area (TPSA) is 118 Å². The van der Waals surface area contributed by atoms with Gasteiger partial charge >= 0.3 is 0 Å². The highest BCUT2D eigenvalue weighted by molar-refractivity contribution is 5.93. The van der Waals surface area contributed by atoms with Crippen molar-refractivity contribution in [3.63, 3.8) is 0 Å². The van der Waals surface area contributed by atoms with Crippen LogP contribution in [0.4, 0.5) is 0 Å². The number of aromatic nitrogens is 1. The number of aldehydes is 1. The van der Waals surface area contributed by atoms with Crippen LogP contribution in [0, 0.1) is 11.3 Å². The zero-order valence-electron chi connectivity index (χ0n) is 23.9. The van der Waals surface area contributed by atoms with E-state index in [4.69, 9.17) is 23.7 Å². The van der Waals surface area contributed by atoms with Crippen molar-refractivity contribution in [3.8, 4) is 40.0 Å². The first-order valence-electron chi connectivity index (χ1n) is 14.2. The Labute approximate surface area is 245 Å². The maximum Gasteiger partial charge on any atom is 0.161 e. The third kappa shape index (κ3) is 6.80. The summed E-state index contributed by atoms with van der Waals surface area (Å²) in [4.78, 5) is 17.9. The Morgan fingerprint density at radius 3 is 2.48 bits per heavy atom. The summed E-state index contributed by atoms with van der Waals surface area (Å²) in [5.74, 6) is 1.65. The lowest BCUT2D eigenvalue weighted by Gasteiger charge is -2.25. The summed E-state index contributed by atoms with van der Waals surface area (Å²) in [5, 5.41) is 18.8. The van der Waals surface area contributed by atoms with E-state index in [9.17, 15) is 10.1 Å². The number of carbonyl (C=O) groups excluding carboxylic acids is 1. The van der Waals surface area contributed by atoms with Crippen LogP contribution in [0.1, 0.15) is 41.6 Å². The normalized spacial score (nSPS) is 16.3. The van der Waals surface area contributed by atoms with Crippen LogP contribution in [-0.2, 0) is 4.74 Å². The number of nitrogens with zero attached hydrogens (tertiary/aromatic N) is 3. The van der Waals surface area contributed by atoms with E-state index in [-0.39, 0.29) is 12.2 Å². The zero-order valence-corrected chi connectivity index (χ0v) is 23.9. The molecule has 2 aromatic heterocycles. The van der Waals surface area contributed by atoms with Gasteiger partial charge in [0, 0.05) is 49.3 Å². The summed E-state index contributed by atoms with van der Waals surface area (Å²) >= 11 is 0. The molecule has 0 atom stereocenters. The number of carbonyl (C=O) groups is 1. The number of rotatable bonds is 6. The van der Waals surface area contributed by atoms with Crippen molar-refractivity contribution in [1.82, 2.24) is 9.88 Å². The molecule has 1 N–H and O–H groups in total. The number of benzene rings is 2. The monoisotopic (exact) mass is 569 g/mol. The molecule has 0 amide bonds. The van der Waals surface area contributed by atoms with E-state index in [2.05, 4.69) is 23.0 Å². The molecule has 2 aromatic carbocycles. The number of piperidine rings is 1. The Morgan fingerprint density at radius 2 is 1.79 bits per heavy atom. The molecule has 42 heavy (non-hydrogen) atoms. The van der Waals surface area contributed by atoms with E-state index in [1.807, 2.05) is 30.3 Å². The average molecular weight is 570 g/mol. The summed E-state index contributed by atoms with van der Waals surface area (Å²) in [5.41, 5.74) is 4.65. The predicted molar refractivity (Wildman–Crippen MR) is 159 cm³/mol. The molecule has 4 aromatic rings. The third-order valence-electron chi connectivity index (χ3n) is 7.62. The van der Waals surface area contributed by atoms with Crippen molar-refractivity contribution in [3.05, 3.63) is 65.9 Å². The minimum Gasteiger partial charge on any atom is -0.496 e. The van der Waals surface area contributed by atoms with Crippen LogP contribution in [-0.4, -0.2) is 73.9 Å². The molecule has 0 bridgehead atoms. The van der Waals surface area contributed by atoms with Crippen molar-refractivity contribution in [2.24, 2.45) is 0 Å². The quantitative estimate of drug-likeness (QED) is 0.301. The van der Waals surface area contributed by atoms with E-state index in [1.54, 1.807) is 24.4 Å². The molecule has 2 fully saturated rings. The molecule has 2 saturated heterocycles. The zero-order chi connectivity index (χ0) is 29.5. The molecule has 218 valence electrons. The van der Waals surface area contributed by atoms with Crippen LogP contribution in [0.5, 0.6) is 11.5 Å². The van der Waals surface area contributed by atoms with Gasteiger partial charge in [-0.3, -0.25) is 9.78 Å². The molecule has 4 heterocycles. The van der Waals surface area contributed by atoms with Gasteiger partial charge in [0.1, 0.15) is 34.9 Å². The number of pyridine rings is 1. The number of ether oxygens (including phenoxy) is 3. The van der Waals surface area contributed by atoms with Gasteiger partial charge in [-0.05, 0) is 55.8 Å². The molecular formula is C33H35N3O6. The number of furan rings is 1. The van der Waals surface area contributed by atoms with E-state index in [0.717, 1.165) is 61.7 Å². The minimum absolute atomic E-state index is 0.0220. The van der Waals surface area contributed by atoms with Gasteiger partial charge in [-0.25, -0.2) is 0 Å². The van der Waals surface area contributed by atoms with Gasteiger partial charge in [0.15, 0.2) is 11.9 Å². The SMILES string of the molecule is CN1CCC(O)CC1.COc1cc(-c2cc3nccc(-c4ccc(OC5CCOCC5)c(C#N)c4)c3o2)ccc1C=O. The Morgan fingerprint density at radius 1 is 1.02 bits per heavy atom. The van der Waals surface area contributed by atoms with Crippen LogP contribution < -0.4 is 9.47 Å². The Bertz CT molecular complexity index is 1550. The van der Waals surface area contributed by atoms with E-state index < -0.39 is 0 Å². The van der Waals surface area contributed by atoms with Gasteiger partial charge in [0.2, 0.25) is 0 Å². The first-order valence-corrected chi connectivity index (χ1v) is 14.2. The second kappa shape index (κ2) is 13.6. The molecule has 2 aliphatic heterocycles. The molecule has 0 unspecified atom stereocenters. The molecule has 2 aliphatic rings. The predicted octanol–water partition coefficient (Wildman–Crippen LogP) is 5.49. The first-order chi connectivity index (χ1) is 20.5. The van der Waals surface area contributed by atoms with Crippen molar-refractivity contribution < 1.29 is 28.5 Å². The smallest absolute Gasteiger partial charge is 0.161 e. The first kappa shape index (κ1) is 29.3. The lowest BCUT2D eigenvalue weighted by molar-refractivity contribution is 0.0254. The Kier molecular flexibility index (Phi) is 9.49. The fraction of sp³-hybridized carbons (Fsp3) is 0.364. The van der Waals surface area contributed by atoms with Gasteiger partial charge in [-0.1, -0.05) is 12.1 Å². The van der Waals surface area contributed by atoms with Crippen LogP contribution in [0.2, 0.25) is 0 Å². The minimum atomic E-state index is -0.0220. The van der Waals surface area contributed by atoms with Gasteiger partial charge in [0.25, 0.3) is 0 Å². The summed E-state index contributed by atoms with van der Waals surface area (Å²) in [7, 11) is 3.61. The molecule has 9 nitrogen and oxygen atoms in total. The van der Waals surface area contributed by atoms with Crippen molar-refractivity contribution in [2.75, 3.05) is 40.5 Å². The molecule has 0 aliphatic carbocycles. The van der Waals surface area contributed by atoms with Crippen molar-refractivity contribution >= 4 is 17.4 Å². The van der Waals surface area contributed by atoms with Gasteiger partial charge in [0.05, 0.1) is 37.6 Å². The van der Waals surface area contributed by atoms with Crippen LogP contribution >= 0.6 is 0 Å². The highest BCUT2D eigenvalue weighted by Crippen LogP contribution is 2.36. The molecule has 0 saturated carbocycles. The maximum atomic E-state index is 11.2. The lowest BCUT2D eigenvalue weighted by atomic mass is 10.0. The Hall–Kier alpha value is -4.23. The fourth-order valence-corrected chi connectivity index (χ4v) is 5.13. The highest BCUT2D eigenvalue weighted by Gasteiger charge is 2.19. The number of aliphatic hydroxyl groups is 1. The van der Waals surface area contributed by atoms with Crippen molar-refractivity contribution in [2.45, 2.75) is 37.9 Å². The number of fused-ring (bicyclic) bond motifs is 1. The maximum absolute atomic E-state index is 11.2. The van der Waals surface area contributed by atoms with Gasteiger partial charge in [-0.15, -0.1) is 0 Å². The second-order valence-corrected chi connectivity index (χ2v) is 10.5. The molecular weight excluding hydrogens is 534 g/mol. The summed E-state index contributed by atoms with van der Waals surface area (Å²) in [6.07, 6.45) is 6.03. The number of aliphatic hydroxyl groups excluding tert-OH is 1. The van der Waals surface area contributed by atoms with Crippen LogP contribution in [0.25, 0.3) is 33.6 Å².